The van der Waals surface area contributed by atoms with Gasteiger partial charge in [0, 0.05) is 32.2 Å². The Kier molecular flexibility index (Phi) is 8.88. The lowest BCUT2D eigenvalue weighted by Gasteiger charge is -2.25. The van der Waals surface area contributed by atoms with Crippen LogP contribution in [0.25, 0.3) is 0 Å². The van der Waals surface area contributed by atoms with Crippen molar-refractivity contribution in [2.45, 2.75) is 71.2 Å². The molecule has 0 aromatic carbocycles. The first-order chi connectivity index (χ1) is 10.1. The van der Waals surface area contributed by atoms with Crippen LogP contribution < -0.4 is 0 Å². The number of carbonyl (C=O) groups is 1. The first-order valence-electron chi connectivity index (χ1n) is 8.20. The summed E-state index contributed by atoms with van der Waals surface area (Å²) in [5.74, 6) is -0.922. The molecule has 5 nitrogen and oxygen atoms in total. The van der Waals surface area contributed by atoms with Gasteiger partial charge in [0.05, 0.1) is 24.7 Å². The van der Waals surface area contributed by atoms with E-state index in [4.69, 9.17) is 14.2 Å². The summed E-state index contributed by atoms with van der Waals surface area (Å²) < 4.78 is 17.7. The predicted molar refractivity (Wildman–Crippen MR) is 80.5 cm³/mol. The fraction of sp³-hybridized carbons (Fsp3) is 0.938. The molecule has 0 amide bonds. The molecule has 0 heterocycles. The van der Waals surface area contributed by atoms with E-state index < -0.39 is 5.97 Å². The number of ether oxygens (including phenoxy) is 3. The van der Waals surface area contributed by atoms with Crippen molar-refractivity contribution in [2.24, 2.45) is 5.92 Å². The SMILES string of the molecule is CCCOC1CC(OCCC)C(OCCC)C1CC(=O)O. The third-order valence-corrected chi connectivity index (χ3v) is 3.73. The van der Waals surface area contributed by atoms with Crippen molar-refractivity contribution >= 4 is 5.97 Å². The number of aliphatic carboxylic acids is 1. The summed E-state index contributed by atoms with van der Waals surface area (Å²) in [7, 11) is 0. The van der Waals surface area contributed by atoms with Gasteiger partial charge in [0.2, 0.25) is 0 Å². The molecule has 1 N–H and O–H groups in total. The van der Waals surface area contributed by atoms with Crippen LogP contribution in [0.15, 0.2) is 0 Å². The highest BCUT2D eigenvalue weighted by Gasteiger charge is 2.46. The lowest BCUT2D eigenvalue weighted by atomic mass is 9.99. The van der Waals surface area contributed by atoms with Crippen LogP contribution in [0.5, 0.6) is 0 Å². The van der Waals surface area contributed by atoms with Gasteiger partial charge in [0.1, 0.15) is 0 Å². The van der Waals surface area contributed by atoms with Gasteiger partial charge in [-0.15, -0.1) is 0 Å². The van der Waals surface area contributed by atoms with E-state index in [2.05, 4.69) is 13.8 Å². The number of hydrogen-bond acceptors (Lipinski definition) is 4. The fourth-order valence-corrected chi connectivity index (χ4v) is 2.85. The number of rotatable bonds is 11. The molecular weight excluding hydrogens is 272 g/mol. The Morgan fingerprint density at radius 2 is 1.48 bits per heavy atom. The Hall–Kier alpha value is -0.650. The second kappa shape index (κ2) is 10.1. The zero-order valence-corrected chi connectivity index (χ0v) is 13.5. The second-order valence-electron chi connectivity index (χ2n) is 5.65. The molecule has 21 heavy (non-hydrogen) atoms. The Morgan fingerprint density at radius 1 is 0.952 bits per heavy atom. The van der Waals surface area contributed by atoms with Crippen LogP contribution in [-0.4, -0.2) is 49.2 Å². The summed E-state index contributed by atoms with van der Waals surface area (Å²) in [5, 5.41) is 9.17. The van der Waals surface area contributed by atoms with E-state index >= 15 is 0 Å². The molecule has 0 spiro atoms. The summed E-state index contributed by atoms with van der Waals surface area (Å²) in [6, 6.07) is 0. The molecule has 1 aliphatic rings. The Morgan fingerprint density at radius 3 is 2.00 bits per heavy atom. The highest BCUT2D eigenvalue weighted by molar-refractivity contribution is 5.67. The number of carboxylic acid groups (broad SMARTS) is 1. The van der Waals surface area contributed by atoms with E-state index in [1.807, 2.05) is 6.92 Å². The van der Waals surface area contributed by atoms with Crippen molar-refractivity contribution in [1.82, 2.24) is 0 Å². The molecule has 124 valence electrons. The van der Waals surface area contributed by atoms with Crippen molar-refractivity contribution in [3.63, 3.8) is 0 Å². The Labute approximate surface area is 128 Å². The van der Waals surface area contributed by atoms with Crippen LogP contribution >= 0.6 is 0 Å². The smallest absolute Gasteiger partial charge is 0.303 e. The molecule has 1 saturated carbocycles. The van der Waals surface area contributed by atoms with Gasteiger partial charge in [-0.3, -0.25) is 4.79 Å². The maximum absolute atomic E-state index is 11.2. The molecule has 0 bridgehead atoms. The molecule has 1 rings (SSSR count). The normalized spacial score (nSPS) is 28.9. The predicted octanol–water partition coefficient (Wildman–Crippen LogP) is 2.87. The van der Waals surface area contributed by atoms with Gasteiger partial charge in [0.15, 0.2) is 0 Å². The average Bonchev–Trinajstić information content (AvgIpc) is 2.77. The van der Waals surface area contributed by atoms with Crippen molar-refractivity contribution in [3.8, 4) is 0 Å². The summed E-state index contributed by atoms with van der Waals surface area (Å²) in [5.41, 5.74) is 0. The maximum atomic E-state index is 11.2. The minimum absolute atomic E-state index is 0.0530. The summed E-state index contributed by atoms with van der Waals surface area (Å²) in [6.45, 7) is 8.13. The van der Waals surface area contributed by atoms with E-state index in [9.17, 15) is 9.90 Å². The van der Waals surface area contributed by atoms with E-state index in [-0.39, 0.29) is 30.7 Å². The minimum atomic E-state index is -0.800. The monoisotopic (exact) mass is 302 g/mol. The molecule has 4 atom stereocenters. The first kappa shape index (κ1) is 18.4. The molecule has 0 aliphatic heterocycles. The van der Waals surface area contributed by atoms with Crippen molar-refractivity contribution in [3.05, 3.63) is 0 Å². The van der Waals surface area contributed by atoms with Crippen LogP contribution in [-0.2, 0) is 19.0 Å². The van der Waals surface area contributed by atoms with Gasteiger partial charge < -0.3 is 19.3 Å². The highest BCUT2D eigenvalue weighted by Crippen LogP contribution is 2.36. The quantitative estimate of drug-likeness (QED) is 0.636. The van der Waals surface area contributed by atoms with Gasteiger partial charge in [-0.2, -0.15) is 0 Å². The average molecular weight is 302 g/mol. The first-order valence-corrected chi connectivity index (χ1v) is 8.20. The molecule has 1 aliphatic carbocycles. The third-order valence-electron chi connectivity index (χ3n) is 3.73. The van der Waals surface area contributed by atoms with Gasteiger partial charge in [-0.05, 0) is 19.3 Å². The van der Waals surface area contributed by atoms with Gasteiger partial charge >= 0.3 is 5.97 Å². The van der Waals surface area contributed by atoms with E-state index in [0.717, 1.165) is 25.7 Å². The van der Waals surface area contributed by atoms with Gasteiger partial charge in [0.25, 0.3) is 0 Å². The van der Waals surface area contributed by atoms with E-state index in [0.29, 0.717) is 19.8 Å². The van der Waals surface area contributed by atoms with Crippen LogP contribution in [0.1, 0.15) is 52.9 Å². The highest BCUT2D eigenvalue weighted by atomic mass is 16.6. The van der Waals surface area contributed by atoms with Gasteiger partial charge in [-0.25, -0.2) is 0 Å². The van der Waals surface area contributed by atoms with Crippen LogP contribution in [0.3, 0.4) is 0 Å². The van der Waals surface area contributed by atoms with Crippen molar-refractivity contribution in [2.75, 3.05) is 19.8 Å². The van der Waals surface area contributed by atoms with Crippen LogP contribution in [0, 0.1) is 5.92 Å². The van der Waals surface area contributed by atoms with E-state index in [1.54, 1.807) is 0 Å². The van der Waals surface area contributed by atoms with Crippen LogP contribution in [0.4, 0.5) is 0 Å². The van der Waals surface area contributed by atoms with Crippen molar-refractivity contribution in [1.29, 1.82) is 0 Å². The standard InChI is InChI=1S/C16H30O5/c1-4-7-19-13-11-14(20-8-5-2)16(21-9-6-3)12(13)10-15(17)18/h12-14,16H,4-11H2,1-3H3,(H,17,18). The Balaban J connectivity index is 2.75. The molecular formula is C16H30O5. The molecule has 0 aromatic rings. The lowest BCUT2D eigenvalue weighted by molar-refractivity contribution is -0.142. The number of hydrogen-bond donors (Lipinski definition) is 1. The molecule has 0 radical (unpaired) electrons. The third kappa shape index (κ3) is 5.93. The summed E-state index contributed by atoms with van der Waals surface area (Å²) >= 11 is 0. The Bertz CT molecular complexity index is 294. The largest absolute Gasteiger partial charge is 0.481 e. The summed E-state index contributed by atoms with van der Waals surface area (Å²) in [4.78, 5) is 11.2. The van der Waals surface area contributed by atoms with Gasteiger partial charge in [-0.1, -0.05) is 20.8 Å². The zero-order chi connectivity index (χ0) is 15.7. The zero-order valence-electron chi connectivity index (χ0n) is 13.5. The second-order valence-corrected chi connectivity index (χ2v) is 5.65. The molecule has 4 unspecified atom stereocenters. The fourth-order valence-electron chi connectivity index (χ4n) is 2.85. The van der Waals surface area contributed by atoms with Crippen LogP contribution in [0.2, 0.25) is 0 Å². The maximum Gasteiger partial charge on any atom is 0.303 e. The van der Waals surface area contributed by atoms with E-state index in [1.165, 1.54) is 0 Å². The lowest BCUT2D eigenvalue weighted by Crippen LogP contribution is -2.34. The summed E-state index contributed by atoms with van der Waals surface area (Å²) in [6.07, 6.45) is 3.29. The molecule has 0 aromatic heterocycles. The topological polar surface area (TPSA) is 65.0 Å². The van der Waals surface area contributed by atoms with Crippen molar-refractivity contribution < 1.29 is 24.1 Å². The molecule has 1 fully saturated rings. The molecule has 0 saturated heterocycles. The molecule has 5 heteroatoms. The minimum Gasteiger partial charge on any atom is -0.481 e. The number of carboxylic acids is 1.